The molecule has 0 saturated carbocycles. The number of carbonyl (C=O) groups is 1. The number of hydrogen-bond donors (Lipinski definition) is 2. The molecule has 0 bridgehead atoms. The maximum atomic E-state index is 12.0. The molecule has 1 unspecified atom stereocenters. The van der Waals surface area contributed by atoms with Gasteiger partial charge in [-0.05, 0) is 12.0 Å². The van der Waals surface area contributed by atoms with Crippen LogP contribution in [0.1, 0.15) is 30.0 Å². The fourth-order valence-corrected chi connectivity index (χ4v) is 2.06. The summed E-state index contributed by atoms with van der Waals surface area (Å²) in [4.78, 5) is 13.7. The molecule has 1 heterocycles. The van der Waals surface area contributed by atoms with E-state index in [2.05, 4.69) is 10.2 Å². The zero-order chi connectivity index (χ0) is 14.4. The average molecular weight is 272 g/mol. The van der Waals surface area contributed by atoms with Gasteiger partial charge in [-0.25, -0.2) is 0 Å². The quantitative estimate of drug-likeness (QED) is 0.842. The van der Waals surface area contributed by atoms with Gasteiger partial charge in [-0.1, -0.05) is 30.3 Å². The van der Waals surface area contributed by atoms with Crippen LogP contribution < -0.4 is 5.73 Å². The summed E-state index contributed by atoms with van der Waals surface area (Å²) >= 11 is 0. The lowest BCUT2D eigenvalue weighted by Crippen LogP contribution is -2.26. The summed E-state index contributed by atoms with van der Waals surface area (Å²) in [6.45, 7) is 0.565. The molecule has 5 heteroatoms. The molecule has 0 radical (unpaired) electrons. The van der Waals surface area contributed by atoms with Crippen molar-refractivity contribution in [2.45, 2.75) is 25.4 Å². The molecule has 2 rings (SSSR count). The predicted molar refractivity (Wildman–Crippen MR) is 77.7 cm³/mol. The second-order valence-corrected chi connectivity index (χ2v) is 4.91. The summed E-state index contributed by atoms with van der Waals surface area (Å²) in [6, 6.07) is 9.76. The maximum absolute atomic E-state index is 12.0. The summed E-state index contributed by atoms with van der Waals surface area (Å²) in [5.74, 6) is 0.0950. The van der Waals surface area contributed by atoms with Crippen LogP contribution in [0.25, 0.3) is 0 Å². The Kier molecular flexibility index (Phi) is 4.90. The molecule has 0 aliphatic carbocycles. The molecule has 3 N–H and O–H groups in total. The van der Waals surface area contributed by atoms with Crippen LogP contribution in [0.2, 0.25) is 0 Å². The molecule has 0 aliphatic heterocycles. The number of hydrogen-bond acceptors (Lipinski definition) is 3. The van der Waals surface area contributed by atoms with Crippen LogP contribution in [0.5, 0.6) is 0 Å². The molecule has 1 amide bonds. The molecular weight excluding hydrogens is 252 g/mol. The van der Waals surface area contributed by atoms with Gasteiger partial charge in [-0.2, -0.15) is 5.10 Å². The Morgan fingerprint density at radius 3 is 2.80 bits per heavy atom. The van der Waals surface area contributed by atoms with Gasteiger partial charge in [0.1, 0.15) is 0 Å². The van der Waals surface area contributed by atoms with E-state index in [4.69, 9.17) is 5.73 Å². The summed E-state index contributed by atoms with van der Waals surface area (Å²) in [5.41, 5.74) is 8.15. The molecular formula is C15H20N4O. The van der Waals surface area contributed by atoms with Gasteiger partial charge in [0.15, 0.2) is 0 Å². The van der Waals surface area contributed by atoms with E-state index >= 15 is 0 Å². The second-order valence-electron chi connectivity index (χ2n) is 4.91. The lowest BCUT2D eigenvalue weighted by molar-refractivity contribution is -0.130. The normalized spacial score (nSPS) is 12.1. The summed E-state index contributed by atoms with van der Waals surface area (Å²) in [6.07, 6.45) is 4.61. The van der Waals surface area contributed by atoms with Crippen molar-refractivity contribution >= 4 is 5.91 Å². The third-order valence-electron chi connectivity index (χ3n) is 3.30. The smallest absolute Gasteiger partial charge is 0.222 e. The first-order valence-corrected chi connectivity index (χ1v) is 6.69. The number of carbonyl (C=O) groups excluding carboxylic acids is 1. The van der Waals surface area contributed by atoms with Gasteiger partial charge >= 0.3 is 0 Å². The van der Waals surface area contributed by atoms with E-state index in [9.17, 15) is 4.79 Å². The zero-order valence-corrected chi connectivity index (χ0v) is 11.6. The minimum Gasteiger partial charge on any atom is -0.341 e. The van der Waals surface area contributed by atoms with Crippen molar-refractivity contribution in [1.82, 2.24) is 15.1 Å². The topological polar surface area (TPSA) is 75.0 Å². The standard InChI is InChI=1S/C15H20N4O/c1-19(11-12-9-17-18-10-12)15(20)8-7-14(16)13-5-3-2-4-6-13/h2-6,9-10,14H,7-8,11,16H2,1H3,(H,17,18). The maximum Gasteiger partial charge on any atom is 0.222 e. The second kappa shape index (κ2) is 6.86. The molecule has 20 heavy (non-hydrogen) atoms. The van der Waals surface area contributed by atoms with Crippen molar-refractivity contribution in [3.63, 3.8) is 0 Å². The molecule has 1 aromatic carbocycles. The highest BCUT2D eigenvalue weighted by Gasteiger charge is 2.13. The summed E-state index contributed by atoms with van der Waals surface area (Å²) in [5, 5.41) is 6.60. The van der Waals surface area contributed by atoms with Gasteiger partial charge in [-0.3, -0.25) is 9.89 Å². The first kappa shape index (κ1) is 14.3. The predicted octanol–water partition coefficient (Wildman–Crippen LogP) is 1.85. The molecule has 0 fully saturated rings. The molecule has 1 atom stereocenters. The van der Waals surface area contributed by atoms with E-state index in [0.717, 1.165) is 11.1 Å². The SMILES string of the molecule is CN(Cc1cn[nH]c1)C(=O)CCC(N)c1ccccc1. The largest absolute Gasteiger partial charge is 0.341 e. The van der Waals surface area contributed by atoms with Crippen molar-refractivity contribution < 1.29 is 4.79 Å². The van der Waals surface area contributed by atoms with E-state index in [1.54, 1.807) is 24.3 Å². The van der Waals surface area contributed by atoms with E-state index in [1.807, 2.05) is 30.3 Å². The van der Waals surface area contributed by atoms with Crippen LogP contribution in [0, 0.1) is 0 Å². The minimum atomic E-state index is -0.0949. The van der Waals surface area contributed by atoms with Crippen LogP contribution in [-0.4, -0.2) is 28.1 Å². The minimum absolute atomic E-state index is 0.0949. The fourth-order valence-electron chi connectivity index (χ4n) is 2.06. The van der Waals surface area contributed by atoms with Crippen molar-refractivity contribution in [3.8, 4) is 0 Å². The molecule has 0 spiro atoms. The number of amides is 1. The molecule has 0 saturated heterocycles. The lowest BCUT2D eigenvalue weighted by Gasteiger charge is -2.18. The van der Waals surface area contributed by atoms with Gasteiger partial charge in [0, 0.05) is 37.8 Å². The Balaban J connectivity index is 1.80. The first-order chi connectivity index (χ1) is 9.66. The van der Waals surface area contributed by atoms with Gasteiger partial charge < -0.3 is 10.6 Å². The Morgan fingerprint density at radius 2 is 2.15 bits per heavy atom. The van der Waals surface area contributed by atoms with Gasteiger partial charge in [-0.15, -0.1) is 0 Å². The monoisotopic (exact) mass is 272 g/mol. The zero-order valence-electron chi connectivity index (χ0n) is 11.6. The number of nitrogens with two attached hydrogens (primary N) is 1. The molecule has 1 aromatic heterocycles. The van der Waals surface area contributed by atoms with E-state index in [1.165, 1.54) is 0 Å². The number of rotatable bonds is 6. The van der Waals surface area contributed by atoms with Crippen molar-refractivity contribution in [3.05, 3.63) is 53.9 Å². The van der Waals surface area contributed by atoms with Crippen LogP contribution in [0.4, 0.5) is 0 Å². The van der Waals surface area contributed by atoms with E-state index in [0.29, 0.717) is 19.4 Å². The number of benzene rings is 1. The number of nitrogens with zero attached hydrogens (tertiary/aromatic N) is 2. The van der Waals surface area contributed by atoms with Crippen molar-refractivity contribution in [2.24, 2.45) is 5.73 Å². The molecule has 2 aromatic rings. The number of nitrogens with one attached hydrogen (secondary N) is 1. The molecule has 106 valence electrons. The van der Waals surface area contributed by atoms with Crippen LogP contribution in [0.3, 0.4) is 0 Å². The Labute approximate surface area is 118 Å². The molecule has 0 aliphatic rings. The highest BCUT2D eigenvalue weighted by Crippen LogP contribution is 2.16. The summed E-state index contributed by atoms with van der Waals surface area (Å²) in [7, 11) is 1.80. The van der Waals surface area contributed by atoms with Crippen LogP contribution in [-0.2, 0) is 11.3 Å². The number of H-pyrrole nitrogens is 1. The third-order valence-corrected chi connectivity index (χ3v) is 3.30. The third kappa shape index (κ3) is 3.93. The van der Waals surface area contributed by atoms with Gasteiger partial charge in [0.25, 0.3) is 0 Å². The highest BCUT2D eigenvalue weighted by atomic mass is 16.2. The average Bonchev–Trinajstić information content (AvgIpc) is 2.98. The fraction of sp³-hybridized carbons (Fsp3) is 0.333. The highest BCUT2D eigenvalue weighted by molar-refractivity contribution is 5.75. The van der Waals surface area contributed by atoms with Crippen LogP contribution >= 0.6 is 0 Å². The Bertz CT molecular complexity index is 524. The number of aromatic nitrogens is 2. The Morgan fingerprint density at radius 1 is 1.40 bits per heavy atom. The van der Waals surface area contributed by atoms with E-state index in [-0.39, 0.29) is 11.9 Å². The van der Waals surface area contributed by atoms with Crippen LogP contribution in [0.15, 0.2) is 42.7 Å². The van der Waals surface area contributed by atoms with Crippen molar-refractivity contribution in [1.29, 1.82) is 0 Å². The molecule has 5 nitrogen and oxygen atoms in total. The lowest BCUT2D eigenvalue weighted by atomic mass is 10.0. The summed E-state index contributed by atoms with van der Waals surface area (Å²) < 4.78 is 0. The van der Waals surface area contributed by atoms with Gasteiger partial charge in [0.2, 0.25) is 5.91 Å². The Hall–Kier alpha value is -2.14. The van der Waals surface area contributed by atoms with E-state index < -0.39 is 0 Å². The van der Waals surface area contributed by atoms with Gasteiger partial charge in [0.05, 0.1) is 6.20 Å². The van der Waals surface area contributed by atoms with Crippen molar-refractivity contribution in [2.75, 3.05) is 7.05 Å². The first-order valence-electron chi connectivity index (χ1n) is 6.69. The number of aromatic amines is 1.